The fraction of sp³-hybridized carbons (Fsp3) is 0.727. The number of hydrogen-bond acceptors (Lipinski definition) is 2. The highest BCUT2D eigenvalue weighted by Crippen LogP contribution is 2.08. The van der Waals surface area contributed by atoms with Crippen LogP contribution in [0.25, 0.3) is 0 Å². The van der Waals surface area contributed by atoms with Crippen molar-refractivity contribution in [3.8, 4) is 0 Å². The van der Waals surface area contributed by atoms with Gasteiger partial charge in [-0.3, -0.25) is 4.68 Å². The van der Waals surface area contributed by atoms with Crippen LogP contribution in [0.5, 0.6) is 0 Å². The number of alkyl halides is 1. The summed E-state index contributed by atoms with van der Waals surface area (Å²) in [5.41, 5.74) is 2.37. The smallest absolute Gasteiger partial charge is 0.0597 e. The van der Waals surface area contributed by atoms with E-state index in [1.54, 1.807) is 0 Å². The first-order valence-electron chi connectivity index (χ1n) is 5.31. The summed E-state index contributed by atoms with van der Waals surface area (Å²) in [6.07, 6.45) is 1.17. The quantitative estimate of drug-likeness (QED) is 0.768. The van der Waals surface area contributed by atoms with Gasteiger partial charge in [0.15, 0.2) is 0 Å². The molecule has 0 amide bonds. The molecule has 0 bridgehead atoms. The normalized spacial score (nSPS) is 13.5. The Hall–Kier alpha value is -0.350. The number of nitrogens with zero attached hydrogens (tertiary/aromatic N) is 3. The van der Waals surface area contributed by atoms with Gasteiger partial charge in [-0.25, -0.2) is 0 Å². The van der Waals surface area contributed by atoms with E-state index in [1.165, 1.54) is 12.1 Å². The van der Waals surface area contributed by atoms with Gasteiger partial charge in [0.25, 0.3) is 0 Å². The summed E-state index contributed by atoms with van der Waals surface area (Å²) >= 11 is 3.56. The van der Waals surface area contributed by atoms with E-state index >= 15 is 0 Å². The molecule has 1 aromatic rings. The molecule has 15 heavy (non-hydrogen) atoms. The summed E-state index contributed by atoms with van der Waals surface area (Å²) in [6, 6.07) is 2.15. The topological polar surface area (TPSA) is 21.1 Å². The van der Waals surface area contributed by atoms with Crippen molar-refractivity contribution >= 4 is 15.9 Å². The highest BCUT2D eigenvalue weighted by atomic mass is 79.9. The van der Waals surface area contributed by atoms with Crippen molar-refractivity contribution in [2.45, 2.75) is 31.6 Å². The van der Waals surface area contributed by atoms with E-state index in [-0.39, 0.29) is 0 Å². The second-order valence-electron chi connectivity index (χ2n) is 4.21. The van der Waals surface area contributed by atoms with Crippen molar-refractivity contribution in [1.82, 2.24) is 14.7 Å². The minimum absolute atomic E-state index is 0.591. The third kappa shape index (κ3) is 4.34. The van der Waals surface area contributed by atoms with Gasteiger partial charge in [-0.2, -0.15) is 5.10 Å². The fourth-order valence-corrected chi connectivity index (χ4v) is 1.77. The molecular formula is C11H20BrN3. The largest absolute Gasteiger partial charge is 0.301 e. The van der Waals surface area contributed by atoms with Gasteiger partial charge in [0.2, 0.25) is 0 Å². The number of halogens is 1. The fourth-order valence-electron chi connectivity index (χ4n) is 1.57. The maximum absolute atomic E-state index is 4.34. The SMILES string of the molecule is Cc1cc(CN(C)CCC(C)Br)n(C)n1. The molecule has 1 rings (SSSR count). The highest BCUT2D eigenvalue weighted by Gasteiger charge is 2.06. The van der Waals surface area contributed by atoms with Crippen LogP contribution in [-0.2, 0) is 13.6 Å². The number of rotatable bonds is 5. The van der Waals surface area contributed by atoms with Crippen molar-refractivity contribution in [1.29, 1.82) is 0 Å². The lowest BCUT2D eigenvalue weighted by atomic mass is 10.3. The molecule has 0 aliphatic heterocycles. The summed E-state index contributed by atoms with van der Waals surface area (Å²) in [7, 11) is 4.15. The average Bonchev–Trinajstić information content (AvgIpc) is 2.42. The molecular weight excluding hydrogens is 254 g/mol. The Morgan fingerprint density at radius 1 is 1.60 bits per heavy atom. The molecule has 0 aliphatic carbocycles. The standard InChI is InChI=1S/C11H20BrN3/c1-9(12)5-6-14(3)8-11-7-10(2)13-15(11)4/h7,9H,5-6,8H2,1-4H3. The van der Waals surface area contributed by atoms with Crippen molar-refractivity contribution in [2.75, 3.05) is 13.6 Å². The summed E-state index contributed by atoms with van der Waals surface area (Å²) in [5.74, 6) is 0. The summed E-state index contributed by atoms with van der Waals surface area (Å²) < 4.78 is 1.96. The molecule has 0 spiro atoms. The second kappa shape index (κ2) is 5.66. The van der Waals surface area contributed by atoms with E-state index in [0.29, 0.717) is 4.83 Å². The summed E-state index contributed by atoms with van der Waals surface area (Å²) in [6.45, 7) is 6.29. The number of hydrogen-bond donors (Lipinski definition) is 0. The van der Waals surface area contributed by atoms with Crippen molar-refractivity contribution in [3.63, 3.8) is 0 Å². The van der Waals surface area contributed by atoms with E-state index in [9.17, 15) is 0 Å². The first-order chi connectivity index (χ1) is 6.99. The Morgan fingerprint density at radius 2 is 2.27 bits per heavy atom. The zero-order valence-corrected chi connectivity index (χ0v) is 11.6. The van der Waals surface area contributed by atoms with Crippen LogP contribution in [0.15, 0.2) is 6.07 Å². The van der Waals surface area contributed by atoms with E-state index in [4.69, 9.17) is 0 Å². The molecule has 0 saturated heterocycles. The Balaban J connectivity index is 2.44. The molecule has 86 valence electrons. The maximum Gasteiger partial charge on any atom is 0.0597 e. The van der Waals surface area contributed by atoms with Crippen LogP contribution in [0, 0.1) is 6.92 Å². The molecule has 1 aromatic heterocycles. The van der Waals surface area contributed by atoms with E-state index < -0.39 is 0 Å². The van der Waals surface area contributed by atoms with Crippen LogP contribution in [-0.4, -0.2) is 33.1 Å². The van der Waals surface area contributed by atoms with Gasteiger partial charge in [0.1, 0.15) is 0 Å². The van der Waals surface area contributed by atoms with Crippen LogP contribution < -0.4 is 0 Å². The molecule has 3 nitrogen and oxygen atoms in total. The van der Waals surface area contributed by atoms with Gasteiger partial charge in [-0.1, -0.05) is 22.9 Å². The number of aryl methyl sites for hydroxylation is 2. The Bertz CT molecular complexity index is 307. The predicted octanol–water partition coefficient (Wildman–Crippen LogP) is 2.33. The molecule has 1 unspecified atom stereocenters. The Kier molecular flexibility index (Phi) is 4.80. The minimum Gasteiger partial charge on any atom is -0.301 e. The Labute approximate surface area is 101 Å². The molecule has 0 N–H and O–H groups in total. The second-order valence-corrected chi connectivity index (χ2v) is 5.77. The van der Waals surface area contributed by atoms with Gasteiger partial charge in [-0.15, -0.1) is 0 Å². The Morgan fingerprint density at radius 3 is 2.73 bits per heavy atom. The first kappa shape index (κ1) is 12.7. The zero-order chi connectivity index (χ0) is 11.4. The molecule has 0 radical (unpaired) electrons. The molecule has 0 aromatic carbocycles. The van der Waals surface area contributed by atoms with Crippen LogP contribution in [0.2, 0.25) is 0 Å². The molecule has 1 heterocycles. The van der Waals surface area contributed by atoms with E-state index in [2.05, 4.69) is 46.0 Å². The van der Waals surface area contributed by atoms with Crippen molar-refractivity contribution < 1.29 is 0 Å². The lowest BCUT2D eigenvalue weighted by molar-refractivity contribution is 0.313. The van der Waals surface area contributed by atoms with Crippen molar-refractivity contribution in [2.24, 2.45) is 7.05 Å². The van der Waals surface area contributed by atoms with Gasteiger partial charge in [-0.05, 0) is 33.0 Å². The lowest BCUT2D eigenvalue weighted by Gasteiger charge is -2.17. The summed E-state index contributed by atoms with van der Waals surface area (Å²) in [4.78, 5) is 2.92. The highest BCUT2D eigenvalue weighted by molar-refractivity contribution is 9.09. The maximum atomic E-state index is 4.34. The van der Waals surface area contributed by atoms with Crippen LogP contribution in [0.4, 0.5) is 0 Å². The first-order valence-corrected chi connectivity index (χ1v) is 6.22. The molecule has 0 saturated carbocycles. The van der Waals surface area contributed by atoms with Crippen molar-refractivity contribution in [3.05, 3.63) is 17.5 Å². The summed E-state index contributed by atoms with van der Waals surface area (Å²) in [5, 5.41) is 4.34. The molecule has 0 aliphatic rings. The van der Waals surface area contributed by atoms with Gasteiger partial charge >= 0.3 is 0 Å². The van der Waals surface area contributed by atoms with Gasteiger partial charge in [0, 0.05) is 18.4 Å². The minimum atomic E-state index is 0.591. The monoisotopic (exact) mass is 273 g/mol. The van der Waals surface area contributed by atoms with Crippen LogP contribution in [0.1, 0.15) is 24.7 Å². The molecule has 0 fully saturated rings. The van der Waals surface area contributed by atoms with Crippen LogP contribution >= 0.6 is 15.9 Å². The van der Waals surface area contributed by atoms with Gasteiger partial charge < -0.3 is 4.90 Å². The zero-order valence-electron chi connectivity index (χ0n) is 10.00. The molecule has 4 heteroatoms. The van der Waals surface area contributed by atoms with Crippen LogP contribution in [0.3, 0.4) is 0 Å². The number of aromatic nitrogens is 2. The molecule has 1 atom stereocenters. The van der Waals surface area contributed by atoms with E-state index in [0.717, 1.165) is 18.8 Å². The third-order valence-electron chi connectivity index (χ3n) is 2.44. The lowest BCUT2D eigenvalue weighted by Crippen LogP contribution is -2.22. The van der Waals surface area contributed by atoms with Gasteiger partial charge in [0.05, 0.1) is 11.4 Å². The average molecular weight is 274 g/mol. The predicted molar refractivity (Wildman–Crippen MR) is 67.3 cm³/mol. The third-order valence-corrected chi connectivity index (χ3v) is 2.90. The van der Waals surface area contributed by atoms with E-state index in [1.807, 2.05) is 18.7 Å².